The van der Waals surface area contributed by atoms with Crippen LogP contribution in [0.5, 0.6) is 0 Å². The molecule has 1 N–H and O–H groups in total. The summed E-state index contributed by atoms with van der Waals surface area (Å²) in [6.07, 6.45) is 3.69. The summed E-state index contributed by atoms with van der Waals surface area (Å²) in [5.74, 6) is 0.836. The second-order valence-electron chi connectivity index (χ2n) is 5.42. The van der Waals surface area contributed by atoms with Gasteiger partial charge in [0.05, 0.1) is 5.39 Å². The highest BCUT2D eigenvalue weighted by atomic mass is 79.9. The first-order valence-corrected chi connectivity index (χ1v) is 10.5. The monoisotopic (exact) mass is 427 g/mol. The minimum absolute atomic E-state index is 0.836. The normalized spacial score (nSPS) is 11.0. The van der Waals surface area contributed by atoms with E-state index >= 15 is 0 Å². The molecule has 0 fully saturated rings. The summed E-state index contributed by atoms with van der Waals surface area (Å²) < 4.78 is 1.07. The highest BCUT2D eigenvalue weighted by Gasteiger charge is 2.13. The van der Waals surface area contributed by atoms with Crippen molar-refractivity contribution in [1.82, 2.24) is 9.97 Å². The van der Waals surface area contributed by atoms with Crippen LogP contribution < -0.4 is 5.32 Å². The van der Waals surface area contributed by atoms with Crippen molar-refractivity contribution in [3.05, 3.63) is 64.7 Å². The molecular formula is C19H14BrN3S2. The molecule has 4 aromatic rings. The van der Waals surface area contributed by atoms with Gasteiger partial charge in [0.15, 0.2) is 0 Å². The SMILES string of the molecule is CSc1cccc(Nc2ncnc3scc(-c4ccc(Br)cc4)c23)c1. The Kier molecular flexibility index (Phi) is 4.74. The van der Waals surface area contributed by atoms with Crippen molar-refractivity contribution in [2.75, 3.05) is 11.6 Å². The maximum absolute atomic E-state index is 4.50. The van der Waals surface area contributed by atoms with Crippen molar-refractivity contribution < 1.29 is 0 Å². The summed E-state index contributed by atoms with van der Waals surface area (Å²) in [7, 11) is 0. The van der Waals surface area contributed by atoms with E-state index in [1.54, 1.807) is 29.4 Å². The fourth-order valence-electron chi connectivity index (χ4n) is 2.65. The molecule has 0 spiro atoms. The third-order valence-corrected chi connectivity index (χ3v) is 6.00. The standard InChI is InChI=1S/C19H14BrN3S2/c1-24-15-4-2-3-14(9-15)23-18-17-16(10-25-19(17)22-11-21-18)12-5-7-13(20)8-6-12/h2-11H,1H3,(H,21,22,23). The molecule has 6 heteroatoms. The van der Waals surface area contributed by atoms with E-state index in [0.29, 0.717) is 0 Å². The van der Waals surface area contributed by atoms with Gasteiger partial charge >= 0.3 is 0 Å². The molecule has 25 heavy (non-hydrogen) atoms. The van der Waals surface area contributed by atoms with Crippen LogP contribution in [0.4, 0.5) is 11.5 Å². The van der Waals surface area contributed by atoms with Crippen molar-refractivity contribution in [3.63, 3.8) is 0 Å². The molecular weight excluding hydrogens is 414 g/mol. The lowest BCUT2D eigenvalue weighted by atomic mass is 10.1. The van der Waals surface area contributed by atoms with E-state index in [1.807, 2.05) is 0 Å². The van der Waals surface area contributed by atoms with Crippen LogP contribution >= 0.6 is 39.0 Å². The molecule has 2 aromatic carbocycles. The second-order valence-corrected chi connectivity index (χ2v) is 8.07. The number of thioether (sulfide) groups is 1. The van der Waals surface area contributed by atoms with E-state index in [-0.39, 0.29) is 0 Å². The molecule has 0 aliphatic heterocycles. The van der Waals surface area contributed by atoms with E-state index in [2.05, 4.69) is 91.4 Å². The molecule has 0 radical (unpaired) electrons. The highest BCUT2D eigenvalue weighted by Crippen LogP contribution is 2.37. The lowest BCUT2D eigenvalue weighted by molar-refractivity contribution is 1.23. The van der Waals surface area contributed by atoms with Gasteiger partial charge in [0.1, 0.15) is 17.0 Å². The van der Waals surface area contributed by atoms with Gasteiger partial charge in [0, 0.05) is 26.0 Å². The Hall–Kier alpha value is -1.89. The second kappa shape index (κ2) is 7.15. The Balaban J connectivity index is 1.81. The number of anilines is 2. The highest BCUT2D eigenvalue weighted by molar-refractivity contribution is 9.10. The van der Waals surface area contributed by atoms with Crippen molar-refractivity contribution >= 4 is 60.8 Å². The zero-order valence-corrected chi connectivity index (χ0v) is 16.6. The van der Waals surface area contributed by atoms with Gasteiger partial charge in [-0.05, 0) is 42.2 Å². The molecule has 2 heterocycles. The summed E-state index contributed by atoms with van der Waals surface area (Å²) in [6, 6.07) is 16.7. The fraction of sp³-hybridized carbons (Fsp3) is 0.0526. The number of aromatic nitrogens is 2. The van der Waals surface area contributed by atoms with E-state index in [9.17, 15) is 0 Å². The van der Waals surface area contributed by atoms with Crippen LogP contribution in [0.25, 0.3) is 21.3 Å². The average Bonchev–Trinajstić information content (AvgIpc) is 3.08. The molecule has 2 aromatic heterocycles. The smallest absolute Gasteiger partial charge is 0.143 e. The van der Waals surface area contributed by atoms with Crippen LogP contribution in [-0.4, -0.2) is 16.2 Å². The summed E-state index contributed by atoms with van der Waals surface area (Å²) in [5.41, 5.74) is 3.33. The third-order valence-electron chi connectivity index (χ3n) is 3.86. The Bertz CT molecular complexity index is 1030. The Labute approximate surface area is 162 Å². The van der Waals surface area contributed by atoms with Crippen LogP contribution in [0.3, 0.4) is 0 Å². The number of nitrogens with one attached hydrogen (secondary N) is 1. The minimum Gasteiger partial charge on any atom is -0.340 e. The molecule has 0 saturated carbocycles. The van der Waals surface area contributed by atoms with E-state index in [4.69, 9.17) is 0 Å². The van der Waals surface area contributed by atoms with Crippen LogP contribution in [0.1, 0.15) is 0 Å². The quantitative estimate of drug-likeness (QED) is 0.372. The zero-order valence-electron chi connectivity index (χ0n) is 13.4. The number of hydrogen-bond acceptors (Lipinski definition) is 5. The molecule has 0 aliphatic carbocycles. The van der Waals surface area contributed by atoms with Crippen molar-refractivity contribution in [2.24, 2.45) is 0 Å². The first-order valence-electron chi connectivity index (χ1n) is 7.64. The number of thiophene rings is 1. The summed E-state index contributed by atoms with van der Waals surface area (Å²) in [5, 5.41) is 6.67. The summed E-state index contributed by atoms with van der Waals surface area (Å²) >= 11 is 6.86. The Morgan fingerprint density at radius 3 is 2.72 bits per heavy atom. The van der Waals surface area contributed by atoms with Gasteiger partial charge in [-0.25, -0.2) is 9.97 Å². The molecule has 4 rings (SSSR count). The van der Waals surface area contributed by atoms with Crippen LogP contribution in [0, 0.1) is 0 Å². The maximum Gasteiger partial charge on any atom is 0.143 e. The van der Waals surface area contributed by atoms with Gasteiger partial charge in [-0.2, -0.15) is 0 Å². The molecule has 0 unspecified atom stereocenters. The number of halogens is 1. The molecule has 124 valence electrons. The van der Waals surface area contributed by atoms with Crippen LogP contribution in [0.2, 0.25) is 0 Å². The van der Waals surface area contributed by atoms with Crippen LogP contribution in [0.15, 0.2) is 69.6 Å². The summed E-state index contributed by atoms with van der Waals surface area (Å²) in [4.78, 5) is 11.1. The van der Waals surface area contributed by atoms with E-state index < -0.39 is 0 Å². The molecule has 0 atom stereocenters. The zero-order chi connectivity index (χ0) is 17.2. The minimum atomic E-state index is 0.836. The molecule has 0 saturated heterocycles. The first kappa shape index (κ1) is 16.6. The van der Waals surface area contributed by atoms with E-state index in [1.165, 1.54) is 4.90 Å². The number of hydrogen-bond donors (Lipinski definition) is 1. The molecule has 0 bridgehead atoms. The maximum atomic E-state index is 4.50. The Morgan fingerprint density at radius 2 is 1.92 bits per heavy atom. The lowest BCUT2D eigenvalue weighted by Gasteiger charge is -2.09. The van der Waals surface area contributed by atoms with Gasteiger partial charge in [-0.15, -0.1) is 23.1 Å². The first-order chi connectivity index (χ1) is 12.2. The van der Waals surface area contributed by atoms with Crippen molar-refractivity contribution in [1.29, 1.82) is 0 Å². The largest absolute Gasteiger partial charge is 0.340 e. The topological polar surface area (TPSA) is 37.8 Å². The van der Waals surface area contributed by atoms with Gasteiger partial charge in [-0.3, -0.25) is 0 Å². The number of rotatable bonds is 4. The number of fused-ring (bicyclic) bond motifs is 1. The average molecular weight is 428 g/mol. The van der Waals surface area contributed by atoms with Gasteiger partial charge < -0.3 is 5.32 Å². The fourth-order valence-corrected chi connectivity index (χ4v) is 4.29. The third kappa shape index (κ3) is 3.42. The van der Waals surface area contributed by atoms with Crippen LogP contribution in [-0.2, 0) is 0 Å². The lowest BCUT2D eigenvalue weighted by Crippen LogP contribution is -1.95. The Morgan fingerprint density at radius 1 is 1.08 bits per heavy atom. The molecule has 3 nitrogen and oxygen atoms in total. The van der Waals surface area contributed by atoms with Gasteiger partial charge in [-0.1, -0.05) is 34.1 Å². The molecule has 0 aliphatic rings. The van der Waals surface area contributed by atoms with Crippen molar-refractivity contribution in [3.8, 4) is 11.1 Å². The van der Waals surface area contributed by atoms with E-state index in [0.717, 1.165) is 37.3 Å². The number of benzene rings is 2. The van der Waals surface area contributed by atoms with Gasteiger partial charge in [0.2, 0.25) is 0 Å². The van der Waals surface area contributed by atoms with Crippen molar-refractivity contribution in [2.45, 2.75) is 4.90 Å². The van der Waals surface area contributed by atoms with Gasteiger partial charge in [0.25, 0.3) is 0 Å². The predicted molar refractivity (Wildman–Crippen MR) is 112 cm³/mol. The summed E-state index contributed by atoms with van der Waals surface area (Å²) in [6.45, 7) is 0. The molecule has 0 amide bonds. The number of nitrogens with zero attached hydrogens (tertiary/aromatic N) is 2. The predicted octanol–water partition coefficient (Wildman–Crippen LogP) is 6.59.